The van der Waals surface area contributed by atoms with Crippen molar-refractivity contribution in [3.63, 3.8) is 0 Å². The molecule has 1 saturated heterocycles. The Morgan fingerprint density at radius 3 is 2.88 bits per heavy atom. The van der Waals surface area contributed by atoms with Gasteiger partial charge >= 0.3 is 0 Å². The van der Waals surface area contributed by atoms with Gasteiger partial charge in [0.25, 0.3) is 0 Å². The zero-order valence-electron chi connectivity index (χ0n) is 9.54. The Bertz CT molecular complexity index is 369. The van der Waals surface area contributed by atoms with Crippen molar-refractivity contribution in [3.05, 3.63) is 30.2 Å². The number of hydrogen-bond acceptors (Lipinski definition) is 2. The van der Waals surface area contributed by atoms with Crippen molar-refractivity contribution in [1.82, 2.24) is 0 Å². The third-order valence-electron chi connectivity index (χ3n) is 3.35. The fraction of sp³-hybridized carbons (Fsp3) is 0.500. The van der Waals surface area contributed by atoms with E-state index in [1.54, 1.807) is 0 Å². The lowest BCUT2D eigenvalue weighted by molar-refractivity contribution is 0.306. The van der Waals surface area contributed by atoms with Crippen LogP contribution < -0.4 is 9.64 Å². The Kier molecular flexibility index (Phi) is 2.73. The van der Waals surface area contributed by atoms with Crippen molar-refractivity contribution >= 4 is 5.69 Å². The quantitative estimate of drug-likeness (QED) is 0.714. The van der Waals surface area contributed by atoms with Crippen LogP contribution in [0.1, 0.15) is 31.2 Å². The van der Waals surface area contributed by atoms with Crippen LogP contribution in [0.5, 0.6) is 5.75 Å². The number of fused-ring (bicyclic) bond motifs is 1. The van der Waals surface area contributed by atoms with Gasteiger partial charge in [-0.15, -0.1) is 0 Å². The van der Waals surface area contributed by atoms with Crippen molar-refractivity contribution in [2.24, 2.45) is 0 Å². The Hall–Kier alpha value is -1.18. The van der Waals surface area contributed by atoms with E-state index < -0.39 is 0 Å². The number of piperidine rings is 1. The molecule has 1 fully saturated rings. The minimum absolute atomic E-state index is 0.776. The predicted molar refractivity (Wildman–Crippen MR) is 65.0 cm³/mol. The monoisotopic (exact) mass is 215 g/mol. The maximum Gasteiger partial charge on any atom is 0.146 e. The molecule has 2 aliphatic heterocycles. The van der Waals surface area contributed by atoms with Crippen molar-refractivity contribution in [2.45, 2.75) is 25.7 Å². The van der Waals surface area contributed by atoms with Crippen molar-refractivity contribution < 1.29 is 4.74 Å². The number of para-hydroxylation sites is 1. The summed E-state index contributed by atoms with van der Waals surface area (Å²) in [6, 6.07) is 6.39. The lowest BCUT2D eigenvalue weighted by Crippen LogP contribution is -2.30. The first kappa shape index (κ1) is 10.0. The van der Waals surface area contributed by atoms with E-state index in [0.29, 0.717) is 0 Å². The summed E-state index contributed by atoms with van der Waals surface area (Å²) in [6.07, 6.45) is 8.27. The molecule has 84 valence electrons. The first-order valence-electron chi connectivity index (χ1n) is 6.20. The van der Waals surface area contributed by atoms with Gasteiger partial charge in [-0.1, -0.05) is 12.1 Å². The Balaban J connectivity index is 1.93. The molecule has 0 atom stereocenters. The molecule has 3 rings (SSSR count). The van der Waals surface area contributed by atoms with E-state index in [-0.39, 0.29) is 0 Å². The van der Waals surface area contributed by atoms with E-state index in [1.807, 2.05) is 0 Å². The molecule has 2 heteroatoms. The summed E-state index contributed by atoms with van der Waals surface area (Å²) < 4.78 is 5.80. The number of benzene rings is 1. The molecule has 0 N–H and O–H groups in total. The van der Waals surface area contributed by atoms with Crippen molar-refractivity contribution in [1.29, 1.82) is 0 Å². The second-order valence-electron chi connectivity index (χ2n) is 4.48. The number of anilines is 1. The number of rotatable bonds is 1. The largest absolute Gasteiger partial charge is 0.491 e. The van der Waals surface area contributed by atoms with E-state index in [2.05, 4.69) is 29.5 Å². The van der Waals surface area contributed by atoms with Crippen LogP contribution in [0.25, 0.3) is 0 Å². The highest BCUT2D eigenvalue weighted by molar-refractivity contribution is 5.64. The zero-order chi connectivity index (χ0) is 10.8. The molecular formula is C14H17NO. The van der Waals surface area contributed by atoms with Gasteiger partial charge in [-0.05, 0) is 31.7 Å². The van der Waals surface area contributed by atoms with Gasteiger partial charge in [0.1, 0.15) is 5.75 Å². The highest BCUT2D eigenvalue weighted by Crippen LogP contribution is 2.37. The number of hydrogen-bond donors (Lipinski definition) is 0. The summed E-state index contributed by atoms with van der Waals surface area (Å²) in [5, 5.41) is 0. The molecule has 0 spiro atoms. The van der Waals surface area contributed by atoms with Gasteiger partial charge in [-0.2, -0.15) is 0 Å². The lowest BCUT2D eigenvalue weighted by Gasteiger charge is -2.32. The zero-order valence-corrected chi connectivity index (χ0v) is 9.54. The van der Waals surface area contributed by atoms with E-state index in [4.69, 9.17) is 4.74 Å². The molecular weight excluding hydrogens is 198 g/mol. The first-order valence-corrected chi connectivity index (χ1v) is 6.20. The van der Waals surface area contributed by atoms with E-state index >= 15 is 0 Å². The normalized spacial score (nSPS) is 20.1. The average Bonchev–Trinajstić information content (AvgIpc) is 2.39. The maximum atomic E-state index is 5.80. The maximum absolute atomic E-state index is 5.80. The fourth-order valence-corrected chi connectivity index (χ4v) is 2.54. The summed E-state index contributed by atoms with van der Waals surface area (Å²) >= 11 is 0. The van der Waals surface area contributed by atoms with Crippen LogP contribution in [0.2, 0.25) is 0 Å². The van der Waals surface area contributed by atoms with Gasteiger partial charge in [0, 0.05) is 25.1 Å². The van der Waals surface area contributed by atoms with Crippen LogP contribution in [-0.4, -0.2) is 19.7 Å². The predicted octanol–water partition coefficient (Wildman–Crippen LogP) is 2.89. The van der Waals surface area contributed by atoms with Gasteiger partial charge in [-0.3, -0.25) is 0 Å². The number of nitrogens with zero attached hydrogens (tertiary/aromatic N) is 1. The van der Waals surface area contributed by atoms with Crippen LogP contribution in [0.4, 0.5) is 5.69 Å². The molecule has 0 bridgehead atoms. The second kappa shape index (κ2) is 4.36. The molecule has 0 saturated carbocycles. The average molecular weight is 215 g/mol. The minimum atomic E-state index is 0.776. The summed E-state index contributed by atoms with van der Waals surface area (Å²) in [5.74, 6) is 1.05. The second-order valence-corrected chi connectivity index (χ2v) is 4.48. The van der Waals surface area contributed by atoms with Gasteiger partial charge in [-0.25, -0.2) is 0 Å². The van der Waals surface area contributed by atoms with Gasteiger partial charge in [0.05, 0.1) is 12.3 Å². The summed E-state index contributed by atoms with van der Waals surface area (Å²) in [4.78, 5) is 2.45. The molecule has 2 radical (unpaired) electrons. The number of ether oxygens (including phenoxy) is 1. The Morgan fingerprint density at radius 1 is 1.12 bits per heavy atom. The molecule has 0 aliphatic carbocycles. The SMILES string of the molecule is [C]1CCOc2c1cccc2N1CCCCC1. The molecule has 2 nitrogen and oxygen atoms in total. The van der Waals surface area contributed by atoms with Gasteiger partial charge in [0.2, 0.25) is 0 Å². The van der Waals surface area contributed by atoms with Crippen LogP contribution >= 0.6 is 0 Å². The fourth-order valence-electron chi connectivity index (χ4n) is 2.54. The molecule has 0 unspecified atom stereocenters. The standard InChI is InChI=1S/C14H17NO/c1-2-9-15(10-3-1)13-8-4-6-12-7-5-11-16-14(12)13/h4,6,8H,1-3,5,9-11H2. The van der Waals surface area contributed by atoms with Gasteiger partial charge < -0.3 is 9.64 Å². The first-order chi connectivity index (χ1) is 7.95. The third-order valence-corrected chi connectivity index (χ3v) is 3.35. The van der Waals surface area contributed by atoms with Gasteiger partial charge in [0.15, 0.2) is 0 Å². The summed E-state index contributed by atoms with van der Waals surface area (Å²) in [5.41, 5.74) is 2.42. The molecule has 2 aliphatic rings. The van der Waals surface area contributed by atoms with Crippen LogP contribution in [-0.2, 0) is 0 Å². The third kappa shape index (κ3) is 1.77. The Labute approximate surface area is 97.2 Å². The molecule has 2 heterocycles. The Morgan fingerprint density at radius 2 is 2.00 bits per heavy atom. The molecule has 1 aromatic carbocycles. The molecule has 1 aromatic rings. The van der Waals surface area contributed by atoms with Crippen LogP contribution in [0, 0.1) is 6.42 Å². The highest BCUT2D eigenvalue weighted by atomic mass is 16.5. The van der Waals surface area contributed by atoms with Crippen molar-refractivity contribution in [2.75, 3.05) is 24.6 Å². The van der Waals surface area contributed by atoms with Crippen LogP contribution in [0.15, 0.2) is 18.2 Å². The molecule has 16 heavy (non-hydrogen) atoms. The summed E-state index contributed by atoms with van der Waals surface area (Å²) in [6.45, 7) is 3.11. The summed E-state index contributed by atoms with van der Waals surface area (Å²) in [7, 11) is 0. The highest BCUT2D eigenvalue weighted by Gasteiger charge is 2.20. The van der Waals surface area contributed by atoms with Crippen LogP contribution in [0.3, 0.4) is 0 Å². The van der Waals surface area contributed by atoms with Crippen molar-refractivity contribution in [3.8, 4) is 5.75 Å². The van der Waals surface area contributed by atoms with E-state index in [9.17, 15) is 0 Å². The van der Waals surface area contributed by atoms with E-state index in [1.165, 1.54) is 38.0 Å². The molecule has 0 amide bonds. The van der Waals surface area contributed by atoms with E-state index in [0.717, 1.165) is 24.3 Å². The minimum Gasteiger partial charge on any atom is -0.491 e. The lowest BCUT2D eigenvalue weighted by atomic mass is 10.0. The smallest absolute Gasteiger partial charge is 0.146 e. The topological polar surface area (TPSA) is 12.5 Å². The molecule has 0 aromatic heterocycles.